The predicted molar refractivity (Wildman–Crippen MR) is 120 cm³/mol. The summed E-state index contributed by atoms with van der Waals surface area (Å²) in [5, 5.41) is 4.51. The van der Waals surface area contributed by atoms with Gasteiger partial charge in [-0.2, -0.15) is 0 Å². The number of thioether (sulfide) groups is 1. The van der Waals surface area contributed by atoms with Gasteiger partial charge in [-0.3, -0.25) is 9.79 Å². The second-order valence-electron chi connectivity index (χ2n) is 6.82. The molecule has 2 heterocycles. The maximum Gasteiger partial charge on any atom is 0.234 e. The molecule has 0 spiro atoms. The highest BCUT2D eigenvalue weighted by Crippen LogP contribution is 2.36. The highest BCUT2D eigenvalue weighted by atomic mass is 35.5. The van der Waals surface area contributed by atoms with Crippen LogP contribution < -0.4 is 10.2 Å². The summed E-state index contributed by atoms with van der Waals surface area (Å²) in [6, 6.07) is 13.5. The normalized spacial score (nSPS) is 22.3. The Morgan fingerprint density at radius 3 is 2.59 bits per heavy atom. The lowest BCUT2D eigenvalue weighted by molar-refractivity contribution is -0.113. The molecule has 2 unspecified atom stereocenters. The van der Waals surface area contributed by atoms with E-state index in [1.54, 1.807) is 36.4 Å². The number of carbonyl (C=O) groups excluding carboxylic acids is 1. The number of carbonyl (C=O) groups is 1. The molecule has 4 rings (SSSR count). The number of nitrogens with one attached hydrogen (secondary N) is 1. The van der Waals surface area contributed by atoms with Crippen molar-refractivity contribution in [3.63, 3.8) is 0 Å². The van der Waals surface area contributed by atoms with Gasteiger partial charge in [-0.05, 0) is 36.4 Å². The molecular weight excluding hydrogens is 453 g/mol. The molecule has 6 nitrogen and oxygen atoms in total. The number of sulfone groups is 1. The standard InChI is InChI=1S/C19H17Cl2N3O3S2/c20-12-3-1-5-14(7-12)22-18(25)9-28-19-23-16-10-29(26,27)11-17(16)24(19)15-6-2-4-13(21)8-15/h1-8,16-17H,9-11H2,(H,22,25). The van der Waals surface area contributed by atoms with Crippen LogP contribution >= 0.6 is 35.0 Å². The first-order valence-electron chi connectivity index (χ1n) is 8.82. The van der Waals surface area contributed by atoms with Gasteiger partial charge in [0.2, 0.25) is 5.91 Å². The molecule has 0 aromatic heterocycles. The van der Waals surface area contributed by atoms with Crippen molar-refractivity contribution in [3.05, 3.63) is 58.6 Å². The number of hydrogen-bond donors (Lipinski definition) is 1. The van der Waals surface area contributed by atoms with Crippen molar-refractivity contribution < 1.29 is 13.2 Å². The van der Waals surface area contributed by atoms with Crippen molar-refractivity contribution in [1.82, 2.24) is 0 Å². The Balaban J connectivity index is 1.51. The molecule has 0 bridgehead atoms. The summed E-state index contributed by atoms with van der Waals surface area (Å²) in [7, 11) is -3.14. The quantitative estimate of drug-likeness (QED) is 0.737. The SMILES string of the molecule is O=C(CSC1=NC2CS(=O)(=O)CC2N1c1cccc(Cl)c1)Nc1cccc(Cl)c1. The lowest BCUT2D eigenvalue weighted by atomic mass is 10.1. The number of anilines is 2. The van der Waals surface area contributed by atoms with E-state index in [1.807, 2.05) is 17.0 Å². The van der Waals surface area contributed by atoms with E-state index >= 15 is 0 Å². The summed E-state index contributed by atoms with van der Waals surface area (Å²) in [5.41, 5.74) is 1.38. The van der Waals surface area contributed by atoms with Crippen molar-refractivity contribution >= 4 is 67.3 Å². The van der Waals surface area contributed by atoms with Crippen LogP contribution in [0.2, 0.25) is 10.0 Å². The van der Waals surface area contributed by atoms with Crippen LogP contribution in [0.1, 0.15) is 0 Å². The Hall–Kier alpha value is -1.74. The third kappa shape index (κ3) is 4.71. The number of hydrogen-bond acceptors (Lipinski definition) is 6. The van der Waals surface area contributed by atoms with Crippen LogP contribution in [0.3, 0.4) is 0 Å². The third-order valence-electron chi connectivity index (χ3n) is 4.63. The first-order chi connectivity index (χ1) is 13.8. The summed E-state index contributed by atoms with van der Waals surface area (Å²) in [6.45, 7) is 0. The van der Waals surface area contributed by atoms with Gasteiger partial charge in [0.15, 0.2) is 15.0 Å². The van der Waals surface area contributed by atoms with Crippen LogP contribution in [0.5, 0.6) is 0 Å². The van der Waals surface area contributed by atoms with Crippen LogP contribution in [0.25, 0.3) is 0 Å². The van der Waals surface area contributed by atoms with Gasteiger partial charge >= 0.3 is 0 Å². The number of nitrogens with zero attached hydrogens (tertiary/aromatic N) is 2. The number of rotatable bonds is 4. The Labute approximate surface area is 183 Å². The lowest BCUT2D eigenvalue weighted by Crippen LogP contribution is -2.39. The van der Waals surface area contributed by atoms with Gasteiger partial charge in [0, 0.05) is 21.4 Å². The monoisotopic (exact) mass is 469 g/mol. The molecular formula is C19H17Cl2N3O3S2. The van der Waals surface area contributed by atoms with Gasteiger partial charge in [0.25, 0.3) is 0 Å². The molecule has 2 atom stereocenters. The van der Waals surface area contributed by atoms with Gasteiger partial charge < -0.3 is 10.2 Å². The van der Waals surface area contributed by atoms with E-state index in [9.17, 15) is 13.2 Å². The number of benzene rings is 2. The maximum atomic E-state index is 12.4. The van der Waals surface area contributed by atoms with E-state index in [0.29, 0.717) is 20.9 Å². The number of fused-ring (bicyclic) bond motifs is 1. The molecule has 29 heavy (non-hydrogen) atoms. The van der Waals surface area contributed by atoms with Crippen LogP contribution in [-0.2, 0) is 14.6 Å². The maximum absolute atomic E-state index is 12.4. The second-order valence-corrected chi connectivity index (χ2v) is 10.8. The van der Waals surface area contributed by atoms with Crippen LogP contribution in [0.15, 0.2) is 53.5 Å². The number of amides is 1. The molecule has 2 aliphatic rings. The molecule has 0 aliphatic carbocycles. The van der Waals surface area contributed by atoms with Crippen LogP contribution in [0.4, 0.5) is 11.4 Å². The van der Waals surface area contributed by atoms with E-state index in [4.69, 9.17) is 23.2 Å². The molecule has 2 aliphatic heterocycles. The zero-order valence-electron chi connectivity index (χ0n) is 15.1. The van der Waals surface area contributed by atoms with Crippen molar-refractivity contribution in [2.24, 2.45) is 4.99 Å². The fraction of sp³-hybridized carbons (Fsp3) is 0.263. The molecule has 10 heteroatoms. The number of aliphatic imine (C=N–C) groups is 1. The topological polar surface area (TPSA) is 78.8 Å². The zero-order valence-corrected chi connectivity index (χ0v) is 18.2. The zero-order chi connectivity index (χ0) is 20.6. The minimum absolute atomic E-state index is 0.0213. The molecule has 152 valence electrons. The first kappa shape index (κ1) is 20.5. The average Bonchev–Trinajstić information content (AvgIpc) is 3.11. The van der Waals surface area contributed by atoms with Gasteiger partial charge in [-0.15, -0.1) is 0 Å². The van der Waals surface area contributed by atoms with E-state index < -0.39 is 9.84 Å². The van der Waals surface area contributed by atoms with E-state index in [2.05, 4.69) is 10.3 Å². The minimum Gasteiger partial charge on any atom is -0.325 e. The summed E-state index contributed by atoms with van der Waals surface area (Å²) >= 11 is 13.4. The van der Waals surface area contributed by atoms with Gasteiger partial charge in [0.1, 0.15) is 0 Å². The number of amidine groups is 1. The van der Waals surface area contributed by atoms with Crippen molar-refractivity contribution in [2.75, 3.05) is 27.5 Å². The Morgan fingerprint density at radius 1 is 1.14 bits per heavy atom. The van der Waals surface area contributed by atoms with E-state index in [-0.39, 0.29) is 35.2 Å². The van der Waals surface area contributed by atoms with Crippen molar-refractivity contribution in [2.45, 2.75) is 12.1 Å². The summed E-state index contributed by atoms with van der Waals surface area (Å²) in [6.07, 6.45) is 0. The fourth-order valence-corrected chi connectivity index (χ4v) is 6.60. The summed E-state index contributed by atoms with van der Waals surface area (Å²) < 4.78 is 24.2. The Morgan fingerprint density at radius 2 is 1.86 bits per heavy atom. The Kier molecular flexibility index (Phi) is 5.79. The van der Waals surface area contributed by atoms with Crippen molar-refractivity contribution in [3.8, 4) is 0 Å². The van der Waals surface area contributed by atoms with Crippen LogP contribution in [0, 0.1) is 0 Å². The molecule has 0 radical (unpaired) electrons. The van der Waals surface area contributed by atoms with Gasteiger partial charge in [0.05, 0.1) is 29.3 Å². The smallest absolute Gasteiger partial charge is 0.234 e. The molecule has 2 aromatic rings. The van der Waals surface area contributed by atoms with Crippen LogP contribution in [-0.4, -0.2) is 48.8 Å². The van der Waals surface area contributed by atoms with E-state index in [1.165, 1.54) is 11.8 Å². The Bertz CT molecular complexity index is 1090. The van der Waals surface area contributed by atoms with Crippen molar-refractivity contribution in [1.29, 1.82) is 0 Å². The highest BCUT2D eigenvalue weighted by molar-refractivity contribution is 8.14. The highest BCUT2D eigenvalue weighted by Gasteiger charge is 2.47. The summed E-state index contributed by atoms with van der Waals surface area (Å²) in [5.74, 6) is -0.00939. The molecule has 1 N–H and O–H groups in total. The average molecular weight is 470 g/mol. The first-order valence-corrected chi connectivity index (χ1v) is 12.4. The fourth-order valence-electron chi connectivity index (χ4n) is 3.45. The second kappa shape index (κ2) is 8.18. The molecule has 1 amide bonds. The van der Waals surface area contributed by atoms with Gasteiger partial charge in [-0.1, -0.05) is 47.1 Å². The minimum atomic E-state index is -3.14. The summed E-state index contributed by atoms with van der Waals surface area (Å²) in [4.78, 5) is 18.9. The third-order valence-corrected chi connectivity index (χ3v) is 7.77. The molecule has 0 saturated carbocycles. The molecule has 2 aromatic carbocycles. The van der Waals surface area contributed by atoms with Gasteiger partial charge in [-0.25, -0.2) is 8.42 Å². The molecule has 1 saturated heterocycles. The largest absolute Gasteiger partial charge is 0.325 e. The molecule has 1 fully saturated rings. The predicted octanol–water partition coefficient (Wildman–Crippen LogP) is 3.71. The number of halogens is 2. The lowest BCUT2D eigenvalue weighted by Gasteiger charge is -2.26. The van der Waals surface area contributed by atoms with E-state index in [0.717, 1.165) is 5.69 Å².